The largest absolute Gasteiger partial charge is 0.345 e. The second-order valence-corrected chi connectivity index (χ2v) is 4.31. The van der Waals surface area contributed by atoms with E-state index in [1.54, 1.807) is 4.90 Å². The molecule has 1 aliphatic rings. The number of likely N-dealkylation sites (tertiary alicyclic amines) is 1. The highest BCUT2D eigenvalue weighted by Gasteiger charge is 2.29. The van der Waals surface area contributed by atoms with Crippen molar-refractivity contribution in [3.05, 3.63) is 30.1 Å². The van der Waals surface area contributed by atoms with E-state index in [1.807, 2.05) is 31.3 Å². The van der Waals surface area contributed by atoms with Gasteiger partial charge in [0.1, 0.15) is 5.82 Å². The topological polar surface area (TPSA) is 49.0 Å². The van der Waals surface area contributed by atoms with Crippen LogP contribution in [0.5, 0.6) is 0 Å². The van der Waals surface area contributed by atoms with Gasteiger partial charge in [0.25, 0.3) is 0 Å². The molecular formula is C12H13N3O. The molecule has 1 fully saturated rings. The Morgan fingerprint density at radius 1 is 1.44 bits per heavy atom. The van der Waals surface area contributed by atoms with E-state index in [0.29, 0.717) is 6.42 Å². The molecule has 4 nitrogen and oxygen atoms in total. The molecule has 0 bridgehead atoms. The number of amides is 1. The molecule has 2 aromatic rings. The second-order valence-electron chi connectivity index (χ2n) is 4.31. The number of hydrogen-bond acceptors (Lipinski definition) is 2. The number of nitrogens with zero attached hydrogens (tertiary/aromatic N) is 2. The van der Waals surface area contributed by atoms with Crippen molar-refractivity contribution >= 4 is 16.9 Å². The van der Waals surface area contributed by atoms with Crippen LogP contribution in [0.4, 0.5) is 0 Å². The van der Waals surface area contributed by atoms with Gasteiger partial charge in [-0.15, -0.1) is 0 Å². The van der Waals surface area contributed by atoms with Gasteiger partial charge in [-0.1, -0.05) is 12.1 Å². The highest BCUT2D eigenvalue weighted by Crippen LogP contribution is 2.26. The predicted molar refractivity (Wildman–Crippen MR) is 61.1 cm³/mol. The van der Waals surface area contributed by atoms with Gasteiger partial charge in [0, 0.05) is 25.9 Å². The molecule has 82 valence electrons. The van der Waals surface area contributed by atoms with E-state index in [1.165, 1.54) is 0 Å². The van der Waals surface area contributed by atoms with Crippen molar-refractivity contribution < 1.29 is 4.79 Å². The van der Waals surface area contributed by atoms with Gasteiger partial charge >= 0.3 is 0 Å². The zero-order valence-corrected chi connectivity index (χ0v) is 9.10. The van der Waals surface area contributed by atoms with Gasteiger partial charge in [0.15, 0.2) is 0 Å². The molecule has 1 aromatic carbocycles. The Morgan fingerprint density at radius 2 is 2.25 bits per heavy atom. The number of likely N-dealkylation sites (N-methyl/N-ethyl adjacent to an activating group) is 1. The molecule has 0 saturated carbocycles. The number of carbonyl (C=O) groups is 1. The lowest BCUT2D eigenvalue weighted by atomic mass is 10.1. The summed E-state index contributed by atoms with van der Waals surface area (Å²) in [5, 5.41) is 0. The molecule has 1 aromatic heterocycles. The minimum Gasteiger partial charge on any atom is -0.345 e. The fourth-order valence-corrected chi connectivity index (χ4v) is 2.21. The molecular weight excluding hydrogens is 202 g/mol. The van der Waals surface area contributed by atoms with Gasteiger partial charge in [-0.3, -0.25) is 4.79 Å². The zero-order chi connectivity index (χ0) is 11.1. The summed E-state index contributed by atoms with van der Waals surface area (Å²) in [6.07, 6.45) is 0.566. The van der Waals surface area contributed by atoms with Crippen molar-refractivity contribution in [1.82, 2.24) is 14.9 Å². The Morgan fingerprint density at radius 3 is 2.94 bits per heavy atom. The number of rotatable bonds is 1. The maximum Gasteiger partial charge on any atom is 0.223 e. The van der Waals surface area contributed by atoms with Crippen LogP contribution in [0.25, 0.3) is 11.0 Å². The van der Waals surface area contributed by atoms with Gasteiger partial charge in [0.2, 0.25) is 5.91 Å². The van der Waals surface area contributed by atoms with Crippen LogP contribution in [-0.2, 0) is 4.79 Å². The van der Waals surface area contributed by atoms with Crippen molar-refractivity contribution in [2.45, 2.75) is 12.3 Å². The molecule has 1 N–H and O–H groups in total. The van der Waals surface area contributed by atoms with Crippen LogP contribution in [-0.4, -0.2) is 34.4 Å². The first kappa shape index (κ1) is 9.39. The van der Waals surface area contributed by atoms with Crippen LogP contribution in [0.2, 0.25) is 0 Å². The lowest BCUT2D eigenvalue weighted by Crippen LogP contribution is -2.18. The quantitative estimate of drug-likeness (QED) is 0.783. The Kier molecular flexibility index (Phi) is 1.96. The average Bonchev–Trinajstić information content (AvgIpc) is 2.83. The number of imidazole rings is 1. The van der Waals surface area contributed by atoms with E-state index in [4.69, 9.17) is 0 Å². The molecule has 2 heterocycles. The number of H-pyrrole nitrogens is 1. The van der Waals surface area contributed by atoms with Gasteiger partial charge in [0.05, 0.1) is 11.0 Å². The van der Waals surface area contributed by atoms with Crippen molar-refractivity contribution in [3.63, 3.8) is 0 Å². The summed E-state index contributed by atoms with van der Waals surface area (Å²) in [5.74, 6) is 1.34. The number of carbonyl (C=O) groups excluding carboxylic acids is 1. The molecule has 0 aliphatic carbocycles. The highest BCUT2D eigenvalue weighted by atomic mass is 16.2. The number of para-hydroxylation sites is 2. The van der Waals surface area contributed by atoms with Crippen LogP contribution in [0.15, 0.2) is 24.3 Å². The van der Waals surface area contributed by atoms with E-state index >= 15 is 0 Å². The number of aromatic amines is 1. The SMILES string of the molecule is CN1CC(c2nc3ccccc3[nH]2)CC1=O. The summed E-state index contributed by atoms with van der Waals surface area (Å²) in [7, 11) is 1.84. The fraction of sp³-hybridized carbons (Fsp3) is 0.333. The molecule has 16 heavy (non-hydrogen) atoms. The fourth-order valence-electron chi connectivity index (χ4n) is 2.21. The summed E-state index contributed by atoms with van der Waals surface area (Å²) >= 11 is 0. The van der Waals surface area contributed by atoms with E-state index in [-0.39, 0.29) is 11.8 Å². The molecule has 1 atom stereocenters. The molecule has 1 saturated heterocycles. The van der Waals surface area contributed by atoms with Gasteiger partial charge in [-0.05, 0) is 12.1 Å². The van der Waals surface area contributed by atoms with Gasteiger partial charge in [-0.25, -0.2) is 4.98 Å². The first-order valence-electron chi connectivity index (χ1n) is 5.42. The Hall–Kier alpha value is -1.84. The molecule has 0 radical (unpaired) electrons. The number of benzene rings is 1. The van der Waals surface area contributed by atoms with Gasteiger partial charge in [-0.2, -0.15) is 0 Å². The maximum atomic E-state index is 11.5. The third kappa shape index (κ3) is 1.38. The zero-order valence-electron chi connectivity index (χ0n) is 9.10. The van der Waals surface area contributed by atoms with Crippen LogP contribution in [0.3, 0.4) is 0 Å². The van der Waals surface area contributed by atoms with Crippen molar-refractivity contribution in [2.75, 3.05) is 13.6 Å². The number of hydrogen-bond donors (Lipinski definition) is 1. The molecule has 3 rings (SSSR count). The number of aromatic nitrogens is 2. The van der Waals surface area contributed by atoms with Crippen molar-refractivity contribution in [2.24, 2.45) is 0 Å². The minimum atomic E-state index is 0.199. The van der Waals surface area contributed by atoms with Crippen LogP contribution >= 0.6 is 0 Å². The lowest BCUT2D eigenvalue weighted by Gasteiger charge is -2.07. The standard InChI is InChI=1S/C12H13N3O/c1-15-7-8(6-11(15)16)12-13-9-4-2-3-5-10(9)14-12/h2-5,8H,6-7H2,1H3,(H,13,14). The molecule has 1 aliphatic heterocycles. The summed E-state index contributed by atoms with van der Waals surface area (Å²) in [6, 6.07) is 7.94. The first-order valence-corrected chi connectivity index (χ1v) is 5.42. The van der Waals surface area contributed by atoms with Crippen LogP contribution in [0.1, 0.15) is 18.2 Å². The maximum absolute atomic E-state index is 11.5. The number of fused-ring (bicyclic) bond motifs is 1. The Labute approximate surface area is 93.3 Å². The summed E-state index contributed by atoms with van der Waals surface area (Å²) in [5.41, 5.74) is 2.01. The van der Waals surface area contributed by atoms with Crippen LogP contribution in [0, 0.1) is 0 Å². The van der Waals surface area contributed by atoms with E-state index in [9.17, 15) is 4.79 Å². The number of nitrogens with one attached hydrogen (secondary N) is 1. The lowest BCUT2D eigenvalue weighted by molar-refractivity contribution is -0.126. The van der Waals surface area contributed by atoms with Crippen molar-refractivity contribution in [1.29, 1.82) is 0 Å². The predicted octanol–water partition coefficient (Wildman–Crippen LogP) is 1.51. The molecule has 4 heteroatoms. The molecule has 1 unspecified atom stereocenters. The monoisotopic (exact) mass is 215 g/mol. The molecule has 1 amide bonds. The van der Waals surface area contributed by atoms with E-state index in [2.05, 4.69) is 9.97 Å². The Balaban J connectivity index is 1.98. The van der Waals surface area contributed by atoms with Gasteiger partial charge < -0.3 is 9.88 Å². The van der Waals surface area contributed by atoms with E-state index in [0.717, 1.165) is 23.4 Å². The minimum absolute atomic E-state index is 0.199. The molecule has 0 spiro atoms. The summed E-state index contributed by atoms with van der Waals surface area (Å²) in [6.45, 7) is 0.763. The normalized spacial score (nSPS) is 20.9. The smallest absolute Gasteiger partial charge is 0.223 e. The average molecular weight is 215 g/mol. The van der Waals surface area contributed by atoms with Crippen molar-refractivity contribution in [3.8, 4) is 0 Å². The van der Waals surface area contributed by atoms with E-state index < -0.39 is 0 Å². The second kappa shape index (κ2) is 3.33. The third-order valence-corrected chi connectivity index (χ3v) is 3.14. The van der Waals surface area contributed by atoms with Crippen LogP contribution < -0.4 is 0 Å². The summed E-state index contributed by atoms with van der Waals surface area (Å²) < 4.78 is 0. The highest BCUT2D eigenvalue weighted by molar-refractivity contribution is 5.80. The Bertz CT molecular complexity index is 513. The first-order chi connectivity index (χ1) is 7.74. The third-order valence-electron chi connectivity index (χ3n) is 3.14. The summed E-state index contributed by atoms with van der Waals surface area (Å²) in [4.78, 5) is 21.0.